The van der Waals surface area contributed by atoms with E-state index in [1.54, 1.807) is 4.68 Å². The Morgan fingerprint density at radius 2 is 1.84 bits per heavy atom. The van der Waals surface area contributed by atoms with Gasteiger partial charge in [0.2, 0.25) is 5.91 Å². The molecule has 0 bridgehead atoms. The first kappa shape index (κ1) is 21.3. The van der Waals surface area contributed by atoms with Crippen LogP contribution >= 0.6 is 0 Å². The molecule has 0 radical (unpaired) electrons. The summed E-state index contributed by atoms with van der Waals surface area (Å²) in [5.41, 5.74) is 12.2. The Labute approximate surface area is 187 Å². The van der Waals surface area contributed by atoms with Crippen LogP contribution in [-0.2, 0) is 11.8 Å². The maximum Gasteiger partial charge on any atom is 0.231 e. The van der Waals surface area contributed by atoms with E-state index in [4.69, 9.17) is 5.73 Å². The second-order valence-corrected chi connectivity index (χ2v) is 7.98. The first-order chi connectivity index (χ1) is 15.4. The van der Waals surface area contributed by atoms with Gasteiger partial charge in [0.25, 0.3) is 0 Å². The number of allylic oxidation sites excluding steroid dienone is 1. The SMILES string of the molecule is C=C(C)c1cc(-c2ccc(NC(=O)C(CC)c3ccccc3)cc2)c2c(N)nn(C)c2n1. The minimum Gasteiger partial charge on any atom is -0.382 e. The third kappa shape index (κ3) is 3.99. The first-order valence-electron chi connectivity index (χ1n) is 10.6. The van der Waals surface area contributed by atoms with Crippen LogP contribution in [0, 0.1) is 0 Å². The normalized spacial score (nSPS) is 12.0. The van der Waals surface area contributed by atoms with Crippen molar-refractivity contribution in [1.82, 2.24) is 14.8 Å². The average molecular weight is 426 g/mol. The molecule has 3 N–H and O–H groups in total. The van der Waals surface area contributed by atoms with Crippen molar-refractivity contribution < 1.29 is 4.79 Å². The minimum absolute atomic E-state index is 0.0150. The first-order valence-corrected chi connectivity index (χ1v) is 10.6. The molecule has 0 aliphatic carbocycles. The fraction of sp³-hybridized carbons (Fsp3) is 0.192. The number of anilines is 2. The molecule has 32 heavy (non-hydrogen) atoms. The van der Waals surface area contributed by atoms with Crippen molar-refractivity contribution >= 4 is 34.0 Å². The molecule has 1 unspecified atom stereocenters. The van der Waals surface area contributed by atoms with Gasteiger partial charge in [-0.05, 0) is 53.8 Å². The molecule has 4 rings (SSSR count). The van der Waals surface area contributed by atoms with Crippen molar-refractivity contribution in [1.29, 1.82) is 0 Å². The van der Waals surface area contributed by atoms with Crippen LogP contribution in [0.5, 0.6) is 0 Å². The van der Waals surface area contributed by atoms with Crippen LogP contribution in [0.3, 0.4) is 0 Å². The lowest BCUT2D eigenvalue weighted by molar-refractivity contribution is -0.117. The van der Waals surface area contributed by atoms with Gasteiger partial charge in [-0.3, -0.25) is 4.79 Å². The van der Waals surface area contributed by atoms with Crippen LogP contribution in [-0.4, -0.2) is 20.7 Å². The number of nitrogen functional groups attached to an aromatic ring is 1. The Morgan fingerprint density at radius 1 is 1.16 bits per heavy atom. The Kier molecular flexibility index (Phi) is 5.77. The molecular formula is C26H27N5O. The number of carbonyl (C=O) groups excluding carboxylic acids is 1. The molecule has 162 valence electrons. The van der Waals surface area contributed by atoms with E-state index in [2.05, 4.69) is 22.0 Å². The van der Waals surface area contributed by atoms with E-state index in [-0.39, 0.29) is 11.8 Å². The second-order valence-electron chi connectivity index (χ2n) is 7.98. The molecule has 0 fully saturated rings. The summed E-state index contributed by atoms with van der Waals surface area (Å²) < 4.78 is 1.68. The molecule has 1 atom stereocenters. The van der Waals surface area contributed by atoms with Crippen LogP contribution in [0.4, 0.5) is 11.5 Å². The third-order valence-corrected chi connectivity index (χ3v) is 5.65. The molecule has 2 aromatic heterocycles. The van der Waals surface area contributed by atoms with E-state index >= 15 is 0 Å². The monoisotopic (exact) mass is 425 g/mol. The number of aromatic nitrogens is 3. The summed E-state index contributed by atoms with van der Waals surface area (Å²) in [7, 11) is 1.83. The maximum absolute atomic E-state index is 12.9. The van der Waals surface area contributed by atoms with Crippen molar-refractivity contribution in [2.45, 2.75) is 26.2 Å². The highest BCUT2D eigenvalue weighted by Gasteiger charge is 2.19. The molecule has 0 aliphatic heterocycles. The van der Waals surface area contributed by atoms with Gasteiger partial charge in [0.1, 0.15) is 0 Å². The molecule has 1 amide bonds. The highest BCUT2D eigenvalue weighted by molar-refractivity contribution is 6.01. The van der Waals surface area contributed by atoms with Crippen LogP contribution in [0.25, 0.3) is 27.7 Å². The predicted molar refractivity (Wildman–Crippen MR) is 131 cm³/mol. The summed E-state index contributed by atoms with van der Waals surface area (Å²) >= 11 is 0. The van der Waals surface area contributed by atoms with Gasteiger partial charge in [-0.15, -0.1) is 0 Å². The lowest BCUT2D eigenvalue weighted by atomic mass is 9.95. The highest BCUT2D eigenvalue weighted by Crippen LogP contribution is 2.34. The van der Waals surface area contributed by atoms with Gasteiger partial charge in [-0.1, -0.05) is 56.0 Å². The fourth-order valence-corrected chi connectivity index (χ4v) is 3.94. The second kappa shape index (κ2) is 8.67. The fourth-order valence-electron chi connectivity index (χ4n) is 3.94. The van der Waals surface area contributed by atoms with Gasteiger partial charge in [0.05, 0.1) is 17.0 Å². The quantitative estimate of drug-likeness (QED) is 0.434. The summed E-state index contributed by atoms with van der Waals surface area (Å²) in [6.07, 6.45) is 0.729. The average Bonchev–Trinajstić information content (AvgIpc) is 3.08. The molecule has 4 aromatic rings. The van der Waals surface area contributed by atoms with Crippen molar-refractivity contribution in [3.63, 3.8) is 0 Å². The summed E-state index contributed by atoms with van der Waals surface area (Å²) in [4.78, 5) is 17.5. The van der Waals surface area contributed by atoms with Gasteiger partial charge < -0.3 is 11.1 Å². The van der Waals surface area contributed by atoms with Crippen molar-refractivity contribution in [2.24, 2.45) is 7.05 Å². The number of aryl methyl sites for hydroxylation is 1. The Balaban J connectivity index is 1.65. The van der Waals surface area contributed by atoms with Gasteiger partial charge >= 0.3 is 0 Å². The number of fused-ring (bicyclic) bond motifs is 1. The molecule has 0 saturated heterocycles. The number of benzene rings is 2. The number of nitrogens with one attached hydrogen (secondary N) is 1. The van der Waals surface area contributed by atoms with Crippen LogP contribution in [0.1, 0.15) is 37.4 Å². The maximum atomic E-state index is 12.9. The number of pyridine rings is 1. The van der Waals surface area contributed by atoms with Crippen molar-refractivity contribution in [3.8, 4) is 11.1 Å². The molecule has 6 nitrogen and oxygen atoms in total. The molecule has 2 aromatic carbocycles. The molecule has 6 heteroatoms. The number of nitrogens with zero attached hydrogens (tertiary/aromatic N) is 3. The standard InChI is InChI=1S/C26H27N5O/c1-5-20(17-9-7-6-8-10-17)26(32)28-19-13-11-18(12-14-19)21-15-22(16(2)3)29-25-23(21)24(27)30-31(25)4/h6-15,20H,2,5H2,1,3-4H3,(H2,27,30)(H,28,32). The third-order valence-electron chi connectivity index (χ3n) is 5.65. The number of carbonyl (C=O) groups is 1. The number of amides is 1. The van der Waals surface area contributed by atoms with Gasteiger partial charge in [-0.2, -0.15) is 5.10 Å². The topological polar surface area (TPSA) is 85.8 Å². The van der Waals surface area contributed by atoms with Gasteiger partial charge in [0.15, 0.2) is 11.5 Å². The number of hydrogen-bond donors (Lipinski definition) is 2. The van der Waals surface area contributed by atoms with Crippen molar-refractivity contribution in [2.75, 3.05) is 11.1 Å². The van der Waals surface area contributed by atoms with E-state index < -0.39 is 0 Å². The van der Waals surface area contributed by atoms with E-state index in [1.807, 2.05) is 81.6 Å². The predicted octanol–water partition coefficient (Wildman–Crippen LogP) is 5.38. The zero-order chi connectivity index (χ0) is 22.8. The smallest absolute Gasteiger partial charge is 0.231 e. The van der Waals surface area contributed by atoms with Crippen molar-refractivity contribution in [3.05, 3.63) is 78.5 Å². The van der Waals surface area contributed by atoms with E-state index in [0.717, 1.165) is 45.5 Å². The zero-order valence-corrected chi connectivity index (χ0v) is 18.6. The van der Waals surface area contributed by atoms with Gasteiger partial charge in [-0.25, -0.2) is 9.67 Å². The Bertz CT molecular complexity index is 1290. The van der Waals surface area contributed by atoms with Gasteiger partial charge in [0, 0.05) is 12.7 Å². The molecule has 0 aliphatic rings. The zero-order valence-electron chi connectivity index (χ0n) is 18.6. The highest BCUT2D eigenvalue weighted by atomic mass is 16.1. The van der Waals surface area contributed by atoms with Crippen LogP contribution in [0.15, 0.2) is 67.2 Å². The van der Waals surface area contributed by atoms with E-state index in [1.165, 1.54) is 0 Å². The molecule has 2 heterocycles. The lowest BCUT2D eigenvalue weighted by Crippen LogP contribution is -2.20. The molecule has 0 saturated carbocycles. The Hall–Kier alpha value is -3.93. The summed E-state index contributed by atoms with van der Waals surface area (Å²) in [5, 5.41) is 8.19. The number of nitrogens with two attached hydrogens (primary N) is 1. The number of hydrogen-bond acceptors (Lipinski definition) is 4. The van der Waals surface area contributed by atoms with E-state index in [0.29, 0.717) is 11.5 Å². The van der Waals surface area contributed by atoms with E-state index in [9.17, 15) is 4.79 Å². The Morgan fingerprint density at radius 3 is 2.47 bits per heavy atom. The lowest BCUT2D eigenvalue weighted by Gasteiger charge is -2.16. The summed E-state index contributed by atoms with van der Waals surface area (Å²) in [6, 6.07) is 19.6. The minimum atomic E-state index is -0.191. The summed E-state index contributed by atoms with van der Waals surface area (Å²) in [5.74, 6) is 0.229. The largest absolute Gasteiger partial charge is 0.382 e. The molecule has 0 spiro atoms. The number of rotatable bonds is 6. The van der Waals surface area contributed by atoms with Crippen LogP contribution < -0.4 is 11.1 Å². The molecular weight excluding hydrogens is 398 g/mol. The van der Waals surface area contributed by atoms with Crippen LogP contribution in [0.2, 0.25) is 0 Å². The summed E-state index contributed by atoms with van der Waals surface area (Å²) in [6.45, 7) is 7.97.